The van der Waals surface area contributed by atoms with Crippen LogP contribution in [0.4, 0.5) is 4.79 Å². The molecule has 1 unspecified atom stereocenters. The minimum atomic E-state index is -0.460. The van der Waals surface area contributed by atoms with E-state index in [1.807, 2.05) is 34.6 Å². The second kappa shape index (κ2) is 3.51. The quantitative estimate of drug-likeness (QED) is 0.720. The number of hydrogen-bond donors (Lipinski definition) is 1. The summed E-state index contributed by atoms with van der Waals surface area (Å²) in [7, 11) is 0. The number of imide groups is 1. The fourth-order valence-electron chi connectivity index (χ4n) is 1.67. The van der Waals surface area contributed by atoms with Gasteiger partial charge in [-0.1, -0.05) is 6.92 Å². The molecule has 1 saturated heterocycles. The average molecular weight is 212 g/mol. The molecule has 1 N–H and O–H groups in total. The molecule has 0 spiro atoms. The van der Waals surface area contributed by atoms with Crippen LogP contribution in [0.3, 0.4) is 0 Å². The second-order valence-corrected chi connectivity index (χ2v) is 5.38. The lowest BCUT2D eigenvalue weighted by atomic mass is 9.83. The Morgan fingerprint density at radius 3 is 2.33 bits per heavy atom. The monoisotopic (exact) mass is 212 g/mol. The lowest BCUT2D eigenvalue weighted by molar-refractivity contribution is -0.144. The van der Waals surface area contributed by atoms with Crippen LogP contribution in [0, 0.1) is 5.41 Å². The molecule has 1 atom stereocenters. The first-order valence-corrected chi connectivity index (χ1v) is 5.35. The number of carbonyl (C=O) groups is 2. The summed E-state index contributed by atoms with van der Waals surface area (Å²) in [4.78, 5) is 25.2. The van der Waals surface area contributed by atoms with Gasteiger partial charge in [-0.05, 0) is 34.1 Å². The van der Waals surface area contributed by atoms with Gasteiger partial charge in [0.25, 0.3) is 0 Å². The van der Waals surface area contributed by atoms with Gasteiger partial charge >= 0.3 is 6.03 Å². The zero-order chi connectivity index (χ0) is 11.9. The lowest BCUT2D eigenvalue weighted by Crippen LogP contribution is -2.64. The number of nitrogens with one attached hydrogen (secondary N) is 1. The molecule has 15 heavy (non-hydrogen) atoms. The van der Waals surface area contributed by atoms with E-state index in [0.717, 1.165) is 6.42 Å². The van der Waals surface area contributed by atoms with Crippen molar-refractivity contribution < 1.29 is 9.59 Å². The van der Waals surface area contributed by atoms with Crippen LogP contribution in [0.25, 0.3) is 0 Å². The van der Waals surface area contributed by atoms with Crippen LogP contribution in [0.15, 0.2) is 0 Å². The van der Waals surface area contributed by atoms with Crippen molar-refractivity contribution in [1.29, 1.82) is 0 Å². The van der Waals surface area contributed by atoms with Crippen molar-refractivity contribution in [2.45, 2.75) is 46.6 Å². The molecule has 4 heteroatoms. The molecule has 4 nitrogen and oxygen atoms in total. The normalized spacial score (nSPS) is 27.9. The first-order valence-electron chi connectivity index (χ1n) is 5.35. The summed E-state index contributed by atoms with van der Waals surface area (Å²) >= 11 is 0. The molecule has 1 heterocycles. The molecule has 0 radical (unpaired) electrons. The van der Waals surface area contributed by atoms with Crippen LogP contribution in [-0.2, 0) is 4.79 Å². The highest BCUT2D eigenvalue weighted by molar-refractivity contribution is 6.00. The number of urea groups is 1. The molecule has 1 rings (SSSR count). The molecule has 3 amide bonds. The maximum atomic E-state index is 12.2. The van der Waals surface area contributed by atoms with E-state index in [0.29, 0.717) is 6.54 Å². The molecule has 1 aliphatic heterocycles. The fraction of sp³-hybridized carbons (Fsp3) is 0.818. The van der Waals surface area contributed by atoms with Crippen molar-refractivity contribution in [3.05, 3.63) is 0 Å². The molecule has 0 aromatic carbocycles. The van der Waals surface area contributed by atoms with Gasteiger partial charge in [0.05, 0.1) is 5.41 Å². The maximum Gasteiger partial charge on any atom is 0.324 e. The smallest absolute Gasteiger partial charge is 0.324 e. The van der Waals surface area contributed by atoms with Crippen molar-refractivity contribution in [3.63, 3.8) is 0 Å². The molecule has 0 aromatic rings. The first-order chi connectivity index (χ1) is 6.72. The Balaban J connectivity index is 3.05. The molecule has 0 aromatic heterocycles. The molecule has 0 saturated carbocycles. The summed E-state index contributed by atoms with van der Waals surface area (Å²) in [6, 6.07) is -0.279. The summed E-state index contributed by atoms with van der Waals surface area (Å²) in [5.41, 5.74) is -0.917. The maximum absolute atomic E-state index is 12.2. The van der Waals surface area contributed by atoms with Crippen LogP contribution >= 0.6 is 0 Å². The van der Waals surface area contributed by atoms with Gasteiger partial charge in [-0.15, -0.1) is 0 Å². The van der Waals surface area contributed by atoms with Gasteiger partial charge in [0.2, 0.25) is 5.91 Å². The summed E-state index contributed by atoms with van der Waals surface area (Å²) in [6.07, 6.45) is 0.735. The molecule has 1 fully saturated rings. The Morgan fingerprint density at radius 1 is 1.40 bits per heavy atom. The van der Waals surface area contributed by atoms with Gasteiger partial charge < -0.3 is 5.32 Å². The number of rotatable bonds is 1. The molecule has 1 aliphatic rings. The van der Waals surface area contributed by atoms with Gasteiger partial charge in [-0.3, -0.25) is 9.69 Å². The Hall–Kier alpha value is -1.06. The van der Waals surface area contributed by atoms with E-state index in [-0.39, 0.29) is 11.9 Å². The number of amides is 3. The van der Waals surface area contributed by atoms with Crippen molar-refractivity contribution in [2.24, 2.45) is 5.41 Å². The summed E-state index contributed by atoms with van der Waals surface area (Å²) in [5, 5.41) is 2.78. The van der Waals surface area contributed by atoms with Gasteiger partial charge in [-0.2, -0.15) is 0 Å². The van der Waals surface area contributed by atoms with Gasteiger partial charge in [0.15, 0.2) is 0 Å². The van der Waals surface area contributed by atoms with Crippen LogP contribution in [0.5, 0.6) is 0 Å². The van der Waals surface area contributed by atoms with Crippen LogP contribution in [0.2, 0.25) is 0 Å². The Morgan fingerprint density at radius 2 is 1.93 bits per heavy atom. The third-order valence-corrected chi connectivity index (χ3v) is 3.00. The third-order valence-electron chi connectivity index (χ3n) is 3.00. The highest BCUT2D eigenvalue weighted by Crippen LogP contribution is 2.30. The van der Waals surface area contributed by atoms with Gasteiger partial charge in [0.1, 0.15) is 0 Å². The standard InChI is InChI=1S/C11H20N2O2/c1-6-11(5)7-12-9(15)13(8(11)14)10(2,3)4/h6-7H2,1-5H3,(H,12,15). The highest BCUT2D eigenvalue weighted by Gasteiger charge is 2.46. The summed E-state index contributed by atoms with van der Waals surface area (Å²) in [5.74, 6) is -0.0683. The van der Waals surface area contributed by atoms with E-state index in [2.05, 4.69) is 5.32 Å². The van der Waals surface area contributed by atoms with E-state index in [1.165, 1.54) is 4.90 Å². The van der Waals surface area contributed by atoms with Gasteiger partial charge in [-0.25, -0.2) is 4.79 Å². The number of nitrogens with zero attached hydrogens (tertiary/aromatic N) is 1. The van der Waals surface area contributed by atoms with E-state index in [9.17, 15) is 9.59 Å². The average Bonchev–Trinajstić information content (AvgIpc) is 2.10. The molecule has 0 bridgehead atoms. The molecule has 0 aliphatic carbocycles. The van der Waals surface area contributed by atoms with Crippen LogP contribution in [0.1, 0.15) is 41.0 Å². The SMILES string of the molecule is CCC1(C)CNC(=O)N(C(C)(C)C)C1=O. The summed E-state index contributed by atoms with van der Waals surface area (Å²) in [6.45, 7) is 9.90. The predicted octanol–water partition coefficient (Wildman–Crippen LogP) is 1.75. The van der Waals surface area contributed by atoms with E-state index in [4.69, 9.17) is 0 Å². The Bertz CT molecular complexity index is 293. The molecular weight excluding hydrogens is 192 g/mol. The van der Waals surface area contributed by atoms with Crippen LogP contribution < -0.4 is 5.32 Å². The van der Waals surface area contributed by atoms with Crippen molar-refractivity contribution in [1.82, 2.24) is 10.2 Å². The minimum absolute atomic E-state index is 0.0683. The molecule has 86 valence electrons. The second-order valence-electron chi connectivity index (χ2n) is 5.38. The largest absolute Gasteiger partial charge is 0.337 e. The summed E-state index contributed by atoms with van der Waals surface area (Å²) < 4.78 is 0. The Kier molecular flexibility index (Phi) is 2.81. The molecular formula is C11H20N2O2. The zero-order valence-electron chi connectivity index (χ0n) is 10.2. The highest BCUT2D eigenvalue weighted by atomic mass is 16.2. The van der Waals surface area contributed by atoms with E-state index in [1.54, 1.807) is 0 Å². The number of hydrogen-bond acceptors (Lipinski definition) is 2. The predicted molar refractivity (Wildman–Crippen MR) is 58.4 cm³/mol. The fourth-order valence-corrected chi connectivity index (χ4v) is 1.67. The van der Waals surface area contributed by atoms with E-state index >= 15 is 0 Å². The van der Waals surface area contributed by atoms with Crippen molar-refractivity contribution in [2.75, 3.05) is 6.54 Å². The zero-order valence-corrected chi connectivity index (χ0v) is 10.2. The minimum Gasteiger partial charge on any atom is -0.337 e. The first kappa shape index (κ1) is 12.0. The van der Waals surface area contributed by atoms with Gasteiger partial charge in [0, 0.05) is 12.1 Å². The number of carbonyl (C=O) groups excluding carboxylic acids is 2. The lowest BCUT2D eigenvalue weighted by Gasteiger charge is -2.44. The van der Waals surface area contributed by atoms with Crippen molar-refractivity contribution in [3.8, 4) is 0 Å². The van der Waals surface area contributed by atoms with E-state index < -0.39 is 11.0 Å². The van der Waals surface area contributed by atoms with Crippen molar-refractivity contribution >= 4 is 11.9 Å². The van der Waals surface area contributed by atoms with Crippen LogP contribution in [-0.4, -0.2) is 28.9 Å². The Labute approximate surface area is 91.0 Å². The third kappa shape index (κ3) is 1.98. The topological polar surface area (TPSA) is 49.4 Å².